The van der Waals surface area contributed by atoms with Crippen LogP contribution in [0, 0.1) is 23.2 Å². The van der Waals surface area contributed by atoms with Gasteiger partial charge >= 0.3 is 6.09 Å². The minimum absolute atomic E-state index is 0.0357. The van der Waals surface area contributed by atoms with Gasteiger partial charge in [-0.2, -0.15) is 0 Å². The Morgan fingerprint density at radius 1 is 1.19 bits per heavy atom. The highest BCUT2D eigenvalue weighted by molar-refractivity contribution is 5.67. The molecule has 3 fully saturated rings. The van der Waals surface area contributed by atoms with Gasteiger partial charge in [0.25, 0.3) is 0 Å². The number of hydrogen-bond donors (Lipinski definition) is 1. The van der Waals surface area contributed by atoms with Crippen molar-refractivity contribution in [1.29, 1.82) is 0 Å². The molecule has 152 valence electrons. The lowest BCUT2D eigenvalue weighted by molar-refractivity contribution is -0.212. The Morgan fingerprint density at radius 3 is 2.59 bits per heavy atom. The summed E-state index contributed by atoms with van der Waals surface area (Å²) in [6.45, 7) is 8.11. The smallest absolute Gasteiger partial charge is 0.407 e. The molecule has 0 aromatic rings. The second kappa shape index (κ2) is 7.42. The zero-order chi connectivity index (χ0) is 19.1. The highest BCUT2D eigenvalue weighted by Gasteiger charge is 2.60. The maximum Gasteiger partial charge on any atom is 0.407 e. The van der Waals surface area contributed by atoms with Gasteiger partial charge < -0.3 is 14.8 Å². The summed E-state index contributed by atoms with van der Waals surface area (Å²) >= 11 is 0. The van der Waals surface area contributed by atoms with E-state index < -0.39 is 0 Å². The van der Waals surface area contributed by atoms with Gasteiger partial charge in [0.1, 0.15) is 6.61 Å². The second-order valence-electron chi connectivity index (χ2n) is 9.81. The van der Waals surface area contributed by atoms with E-state index in [4.69, 9.17) is 9.47 Å². The Morgan fingerprint density at radius 2 is 1.89 bits per heavy atom. The van der Waals surface area contributed by atoms with Crippen molar-refractivity contribution in [3.8, 4) is 0 Å². The number of fused-ring (bicyclic) bond motifs is 3. The van der Waals surface area contributed by atoms with E-state index in [1.165, 1.54) is 50.5 Å². The lowest BCUT2D eigenvalue weighted by Crippen LogP contribution is -2.61. The number of allylic oxidation sites excluding steroid dienone is 1. The minimum atomic E-state index is -0.236. The number of amides is 1. The van der Waals surface area contributed by atoms with Crippen molar-refractivity contribution >= 4 is 6.09 Å². The Kier molecular flexibility index (Phi) is 5.30. The summed E-state index contributed by atoms with van der Waals surface area (Å²) in [5.41, 5.74) is 1.43. The van der Waals surface area contributed by atoms with Gasteiger partial charge in [-0.15, -0.1) is 0 Å². The van der Waals surface area contributed by atoms with Crippen molar-refractivity contribution in [2.24, 2.45) is 23.2 Å². The van der Waals surface area contributed by atoms with Gasteiger partial charge in [0.2, 0.25) is 0 Å². The van der Waals surface area contributed by atoms with Crippen LogP contribution in [0.15, 0.2) is 11.6 Å². The third kappa shape index (κ3) is 3.32. The van der Waals surface area contributed by atoms with Gasteiger partial charge in [-0.05, 0) is 44.4 Å². The summed E-state index contributed by atoms with van der Waals surface area (Å²) in [5.74, 6) is 1.31. The molecule has 3 aliphatic carbocycles. The van der Waals surface area contributed by atoms with E-state index in [1.807, 2.05) is 0 Å². The normalized spacial score (nSPS) is 38.5. The van der Waals surface area contributed by atoms with E-state index >= 15 is 0 Å². The molecule has 0 radical (unpaired) electrons. The summed E-state index contributed by atoms with van der Waals surface area (Å²) < 4.78 is 12.5. The molecule has 2 saturated carbocycles. The largest absolute Gasteiger partial charge is 0.449 e. The van der Waals surface area contributed by atoms with Crippen molar-refractivity contribution in [3.63, 3.8) is 0 Å². The summed E-state index contributed by atoms with van der Waals surface area (Å²) in [5, 5.41) is 3.10. The van der Waals surface area contributed by atoms with Crippen molar-refractivity contribution in [2.45, 2.75) is 90.2 Å². The van der Waals surface area contributed by atoms with Crippen LogP contribution in [-0.2, 0) is 9.47 Å². The average molecular weight is 376 g/mol. The number of hydrogen-bond acceptors (Lipinski definition) is 3. The Hall–Kier alpha value is -1.03. The molecule has 4 atom stereocenters. The molecule has 2 bridgehead atoms. The molecule has 4 heteroatoms. The molecule has 1 heterocycles. The zero-order valence-corrected chi connectivity index (χ0v) is 17.4. The van der Waals surface area contributed by atoms with Gasteiger partial charge in [-0.25, -0.2) is 4.79 Å². The fraction of sp³-hybridized carbons (Fsp3) is 0.870. The van der Waals surface area contributed by atoms with Gasteiger partial charge in [0, 0.05) is 17.4 Å². The number of rotatable bonds is 3. The summed E-state index contributed by atoms with van der Waals surface area (Å²) in [6.07, 6.45) is 13.0. The molecule has 4 aliphatic rings. The average Bonchev–Trinajstić information content (AvgIpc) is 3.10. The number of nitrogens with one attached hydrogen (secondary N) is 1. The van der Waals surface area contributed by atoms with Crippen LogP contribution in [0.1, 0.15) is 78.6 Å². The second-order valence-corrected chi connectivity index (χ2v) is 9.81. The van der Waals surface area contributed by atoms with E-state index in [2.05, 4.69) is 32.2 Å². The summed E-state index contributed by atoms with van der Waals surface area (Å²) in [7, 11) is 0. The van der Waals surface area contributed by atoms with Crippen LogP contribution >= 0.6 is 0 Å². The lowest BCUT2D eigenvalue weighted by atomic mass is 9.53. The first-order valence-corrected chi connectivity index (χ1v) is 11.2. The van der Waals surface area contributed by atoms with Gasteiger partial charge in [-0.3, -0.25) is 0 Å². The molecular formula is C23H37NO3. The third-order valence-electron chi connectivity index (χ3n) is 8.36. The molecular weight excluding hydrogens is 338 g/mol. The standard InChI is InChI=1S/C23H37NO3/c1-16-13-17(2)22(14-26-21(25)24-19-9-5-4-6-10-19)15-27-23(11-7-8-12-23)20(16)18(22)3/h13,17-20H,4-12,14-15H2,1-3H3,(H,24,25)/t17-,18+,20+,22-/m1/s1. The van der Waals surface area contributed by atoms with E-state index in [1.54, 1.807) is 0 Å². The minimum Gasteiger partial charge on any atom is -0.449 e. The SMILES string of the molecule is CC1=C[C@@H](C)[C@@]2(COC(=O)NC3CCCCC3)COC3(CCCC3)[C@@H]1[C@@H]2C. The molecule has 4 nitrogen and oxygen atoms in total. The van der Waals surface area contributed by atoms with Crippen molar-refractivity contribution < 1.29 is 14.3 Å². The zero-order valence-electron chi connectivity index (χ0n) is 17.4. The molecule has 1 N–H and O–H groups in total. The van der Waals surface area contributed by atoms with Crippen LogP contribution in [0.4, 0.5) is 4.79 Å². The van der Waals surface area contributed by atoms with Crippen molar-refractivity contribution in [3.05, 3.63) is 11.6 Å². The first kappa shape index (κ1) is 19.3. The van der Waals surface area contributed by atoms with E-state index in [9.17, 15) is 4.79 Å². The molecule has 0 aromatic carbocycles. The van der Waals surface area contributed by atoms with Gasteiger partial charge in [-0.1, -0.05) is 57.6 Å². The number of carbonyl (C=O) groups is 1. The quantitative estimate of drug-likeness (QED) is 0.688. The topological polar surface area (TPSA) is 47.6 Å². The Bertz CT molecular complexity index is 588. The third-order valence-corrected chi connectivity index (χ3v) is 8.36. The van der Waals surface area contributed by atoms with E-state index in [-0.39, 0.29) is 17.1 Å². The van der Waals surface area contributed by atoms with E-state index in [0.717, 1.165) is 12.8 Å². The molecule has 0 aromatic heterocycles. The monoisotopic (exact) mass is 375 g/mol. The fourth-order valence-corrected chi connectivity index (χ4v) is 6.69. The Balaban J connectivity index is 1.45. The maximum atomic E-state index is 12.4. The summed E-state index contributed by atoms with van der Waals surface area (Å²) in [6, 6.07) is 0.296. The number of ether oxygens (including phenoxy) is 2. The maximum absolute atomic E-state index is 12.4. The molecule has 1 amide bonds. The highest BCUT2D eigenvalue weighted by atomic mass is 16.6. The molecule has 27 heavy (non-hydrogen) atoms. The van der Waals surface area contributed by atoms with Crippen LogP contribution in [0.2, 0.25) is 0 Å². The van der Waals surface area contributed by atoms with Crippen LogP contribution in [0.25, 0.3) is 0 Å². The summed E-state index contributed by atoms with van der Waals surface area (Å²) in [4.78, 5) is 12.4. The van der Waals surface area contributed by atoms with Crippen molar-refractivity contribution in [2.75, 3.05) is 13.2 Å². The fourth-order valence-electron chi connectivity index (χ4n) is 6.69. The number of carbonyl (C=O) groups excluding carboxylic acids is 1. The molecule has 1 saturated heterocycles. The predicted octanol–water partition coefficient (Wildman–Crippen LogP) is 5.22. The first-order valence-electron chi connectivity index (χ1n) is 11.2. The highest BCUT2D eigenvalue weighted by Crippen LogP contribution is 2.59. The Labute approximate surface area is 164 Å². The lowest BCUT2D eigenvalue weighted by Gasteiger charge is -2.59. The molecule has 1 spiro atoms. The van der Waals surface area contributed by atoms with Gasteiger partial charge in [0.15, 0.2) is 0 Å². The predicted molar refractivity (Wildman–Crippen MR) is 107 cm³/mol. The van der Waals surface area contributed by atoms with Crippen LogP contribution in [0.3, 0.4) is 0 Å². The number of alkyl carbamates (subject to hydrolysis) is 1. The van der Waals surface area contributed by atoms with Crippen LogP contribution < -0.4 is 5.32 Å². The first-order chi connectivity index (χ1) is 13.0. The molecule has 0 unspecified atom stereocenters. The molecule has 4 rings (SSSR count). The van der Waals surface area contributed by atoms with Crippen LogP contribution in [-0.4, -0.2) is 30.9 Å². The van der Waals surface area contributed by atoms with E-state index in [0.29, 0.717) is 37.0 Å². The molecule has 1 aliphatic heterocycles. The van der Waals surface area contributed by atoms with Crippen LogP contribution in [0.5, 0.6) is 0 Å². The van der Waals surface area contributed by atoms with Crippen molar-refractivity contribution in [1.82, 2.24) is 5.32 Å². The van der Waals surface area contributed by atoms with Gasteiger partial charge in [0.05, 0.1) is 12.2 Å².